The van der Waals surface area contributed by atoms with Gasteiger partial charge < -0.3 is 10.4 Å². The van der Waals surface area contributed by atoms with Crippen LogP contribution in [0, 0.1) is 12.7 Å². The third kappa shape index (κ3) is 2.79. The Morgan fingerprint density at radius 2 is 2.25 bits per heavy atom. The minimum absolute atomic E-state index is 0.0203. The molecule has 1 amide bonds. The molecular weight excluding hydrogens is 209 g/mol. The highest BCUT2D eigenvalue weighted by Gasteiger charge is 2.15. The van der Waals surface area contributed by atoms with E-state index in [-0.39, 0.29) is 18.2 Å². The van der Waals surface area contributed by atoms with Crippen molar-refractivity contribution in [3.05, 3.63) is 35.1 Å². The number of carbonyl (C=O) groups excluding carboxylic acids is 1. The second-order valence-electron chi connectivity index (χ2n) is 3.70. The van der Waals surface area contributed by atoms with Crippen molar-refractivity contribution in [3.8, 4) is 0 Å². The molecule has 0 aliphatic carbocycles. The van der Waals surface area contributed by atoms with Gasteiger partial charge in [-0.2, -0.15) is 0 Å². The summed E-state index contributed by atoms with van der Waals surface area (Å²) in [4.78, 5) is 11.7. The zero-order valence-electron chi connectivity index (χ0n) is 9.46. The summed E-state index contributed by atoms with van der Waals surface area (Å²) in [5.41, 5.74) is 0.455. The number of rotatable bonds is 4. The second kappa shape index (κ2) is 5.61. The Morgan fingerprint density at radius 1 is 1.56 bits per heavy atom. The summed E-state index contributed by atoms with van der Waals surface area (Å²) < 4.78 is 13.6. The van der Waals surface area contributed by atoms with Crippen LogP contribution in [0.2, 0.25) is 0 Å². The van der Waals surface area contributed by atoms with E-state index in [0.29, 0.717) is 12.0 Å². The number of benzene rings is 1. The molecule has 0 fully saturated rings. The van der Waals surface area contributed by atoms with E-state index >= 15 is 0 Å². The summed E-state index contributed by atoms with van der Waals surface area (Å²) in [7, 11) is 0. The number of amides is 1. The summed E-state index contributed by atoms with van der Waals surface area (Å²) in [6.07, 6.45) is 0.607. The van der Waals surface area contributed by atoms with Gasteiger partial charge >= 0.3 is 0 Å². The first-order valence-electron chi connectivity index (χ1n) is 5.27. The second-order valence-corrected chi connectivity index (χ2v) is 3.70. The van der Waals surface area contributed by atoms with Gasteiger partial charge in [0.15, 0.2) is 0 Å². The number of aliphatic hydroxyl groups excluding tert-OH is 1. The number of halogens is 1. The van der Waals surface area contributed by atoms with Crippen molar-refractivity contribution < 1.29 is 14.3 Å². The molecule has 2 N–H and O–H groups in total. The molecule has 0 aliphatic heterocycles. The van der Waals surface area contributed by atoms with E-state index in [1.807, 2.05) is 6.92 Å². The summed E-state index contributed by atoms with van der Waals surface area (Å²) in [5.74, 6) is -0.991. The van der Waals surface area contributed by atoms with E-state index in [1.54, 1.807) is 19.1 Å². The van der Waals surface area contributed by atoms with Crippen LogP contribution in [0.3, 0.4) is 0 Å². The maximum Gasteiger partial charge on any atom is 0.254 e. The van der Waals surface area contributed by atoms with Crippen LogP contribution < -0.4 is 5.32 Å². The average molecular weight is 225 g/mol. The minimum Gasteiger partial charge on any atom is -0.394 e. The van der Waals surface area contributed by atoms with Gasteiger partial charge in [-0.15, -0.1) is 0 Å². The Bertz CT molecular complexity index is 375. The lowest BCUT2D eigenvalue weighted by atomic mass is 10.1. The summed E-state index contributed by atoms with van der Waals surface area (Å²) >= 11 is 0. The van der Waals surface area contributed by atoms with Crippen molar-refractivity contribution in [3.63, 3.8) is 0 Å². The Labute approximate surface area is 94.3 Å². The summed E-state index contributed by atoms with van der Waals surface area (Å²) in [6.45, 7) is 3.30. The van der Waals surface area contributed by atoms with Gasteiger partial charge in [-0.3, -0.25) is 4.79 Å². The number of aliphatic hydroxyl groups is 1. The molecule has 1 aromatic rings. The molecule has 0 aromatic heterocycles. The van der Waals surface area contributed by atoms with Crippen LogP contribution in [0.1, 0.15) is 29.3 Å². The van der Waals surface area contributed by atoms with Gasteiger partial charge in [0, 0.05) is 0 Å². The predicted octanol–water partition coefficient (Wildman–Crippen LogP) is 1.63. The minimum atomic E-state index is -0.507. The molecule has 0 saturated carbocycles. The largest absolute Gasteiger partial charge is 0.394 e. The standard InChI is InChI=1S/C12H16FNO2/c1-3-9(7-15)14-12(16)10-6-4-5-8(2)11(10)13/h4-6,9,15H,3,7H2,1-2H3,(H,14,16)/t9-/m1/s1. The number of hydrogen-bond donors (Lipinski definition) is 2. The fourth-order valence-corrected chi connectivity index (χ4v) is 1.36. The number of nitrogens with one attached hydrogen (secondary N) is 1. The van der Waals surface area contributed by atoms with Crippen LogP contribution in [-0.2, 0) is 0 Å². The third-order valence-corrected chi connectivity index (χ3v) is 2.48. The van der Waals surface area contributed by atoms with E-state index in [9.17, 15) is 9.18 Å². The van der Waals surface area contributed by atoms with Gasteiger partial charge in [-0.05, 0) is 25.0 Å². The van der Waals surface area contributed by atoms with Crippen LogP contribution in [0.4, 0.5) is 4.39 Å². The Hall–Kier alpha value is -1.42. The highest BCUT2D eigenvalue weighted by molar-refractivity contribution is 5.94. The zero-order chi connectivity index (χ0) is 12.1. The monoisotopic (exact) mass is 225 g/mol. The van der Waals surface area contributed by atoms with Crippen molar-refractivity contribution in [2.75, 3.05) is 6.61 Å². The summed E-state index contributed by atoms with van der Waals surface area (Å²) in [6, 6.07) is 4.34. The lowest BCUT2D eigenvalue weighted by molar-refractivity contribution is 0.0910. The van der Waals surface area contributed by atoms with Gasteiger partial charge in [-0.1, -0.05) is 19.1 Å². The quantitative estimate of drug-likeness (QED) is 0.818. The smallest absolute Gasteiger partial charge is 0.254 e. The van der Waals surface area contributed by atoms with Crippen LogP contribution in [-0.4, -0.2) is 23.7 Å². The molecule has 0 radical (unpaired) electrons. The molecular formula is C12H16FNO2. The molecule has 16 heavy (non-hydrogen) atoms. The molecule has 1 aromatic carbocycles. The highest BCUT2D eigenvalue weighted by atomic mass is 19.1. The predicted molar refractivity (Wildman–Crippen MR) is 59.8 cm³/mol. The topological polar surface area (TPSA) is 49.3 Å². The van der Waals surface area contributed by atoms with E-state index in [0.717, 1.165) is 0 Å². The third-order valence-electron chi connectivity index (χ3n) is 2.48. The van der Waals surface area contributed by atoms with E-state index in [1.165, 1.54) is 6.07 Å². The average Bonchev–Trinajstić information content (AvgIpc) is 2.29. The van der Waals surface area contributed by atoms with E-state index < -0.39 is 11.7 Å². The van der Waals surface area contributed by atoms with Crippen LogP contribution in [0.25, 0.3) is 0 Å². The molecule has 0 aliphatic rings. The highest BCUT2D eigenvalue weighted by Crippen LogP contribution is 2.11. The van der Waals surface area contributed by atoms with Crippen molar-refractivity contribution in [1.82, 2.24) is 5.32 Å². The molecule has 4 heteroatoms. The molecule has 0 heterocycles. The first kappa shape index (κ1) is 12.6. The van der Waals surface area contributed by atoms with Crippen LogP contribution >= 0.6 is 0 Å². The SMILES string of the molecule is CC[C@H](CO)NC(=O)c1cccc(C)c1F. The maximum atomic E-state index is 13.6. The first-order valence-corrected chi connectivity index (χ1v) is 5.27. The van der Waals surface area contributed by atoms with Gasteiger partial charge in [0.1, 0.15) is 5.82 Å². The zero-order valence-corrected chi connectivity index (χ0v) is 9.46. The normalized spacial score (nSPS) is 12.2. The molecule has 1 atom stereocenters. The van der Waals surface area contributed by atoms with Crippen molar-refractivity contribution in [2.24, 2.45) is 0 Å². The number of aryl methyl sites for hydroxylation is 1. The molecule has 0 saturated heterocycles. The van der Waals surface area contributed by atoms with E-state index in [4.69, 9.17) is 5.11 Å². The fourth-order valence-electron chi connectivity index (χ4n) is 1.36. The van der Waals surface area contributed by atoms with Gasteiger partial charge in [0.25, 0.3) is 5.91 Å². The van der Waals surface area contributed by atoms with E-state index in [2.05, 4.69) is 5.32 Å². The Morgan fingerprint density at radius 3 is 2.81 bits per heavy atom. The first-order chi connectivity index (χ1) is 7.60. The lowest BCUT2D eigenvalue weighted by Crippen LogP contribution is -2.37. The molecule has 0 spiro atoms. The van der Waals surface area contributed by atoms with Gasteiger partial charge in [-0.25, -0.2) is 4.39 Å². The molecule has 1 rings (SSSR count). The van der Waals surface area contributed by atoms with Gasteiger partial charge in [0.05, 0.1) is 18.2 Å². The molecule has 3 nitrogen and oxygen atoms in total. The number of hydrogen-bond acceptors (Lipinski definition) is 2. The van der Waals surface area contributed by atoms with Crippen LogP contribution in [0.15, 0.2) is 18.2 Å². The molecule has 0 bridgehead atoms. The number of carbonyl (C=O) groups is 1. The van der Waals surface area contributed by atoms with Crippen LogP contribution in [0.5, 0.6) is 0 Å². The van der Waals surface area contributed by atoms with Crippen molar-refractivity contribution in [1.29, 1.82) is 0 Å². The van der Waals surface area contributed by atoms with Gasteiger partial charge in [0.2, 0.25) is 0 Å². The summed E-state index contributed by atoms with van der Waals surface area (Å²) in [5, 5.41) is 11.5. The fraction of sp³-hybridized carbons (Fsp3) is 0.417. The Balaban J connectivity index is 2.84. The van der Waals surface area contributed by atoms with Crippen molar-refractivity contribution >= 4 is 5.91 Å². The maximum absolute atomic E-state index is 13.6. The Kier molecular flexibility index (Phi) is 4.43. The lowest BCUT2D eigenvalue weighted by Gasteiger charge is -2.14. The molecule has 88 valence electrons. The van der Waals surface area contributed by atoms with Crippen molar-refractivity contribution in [2.45, 2.75) is 26.3 Å². The molecule has 0 unspecified atom stereocenters.